The maximum absolute atomic E-state index is 12.2. The van der Waals surface area contributed by atoms with Crippen molar-refractivity contribution in [2.24, 2.45) is 0 Å². The monoisotopic (exact) mass is 354 g/mol. The van der Waals surface area contributed by atoms with E-state index in [0.29, 0.717) is 5.69 Å². The third-order valence-corrected chi connectivity index (χ3v) is 4.47. The summed E-state index contributed by atoms with van der Waals surface area (Å²) in [6.07, 6.45) is 1.71. The fourth-order valence-corrected chi connectivity index (χ4v) is 3.17. The van der Waals surface area contributed by atoms with Crippen LogP contribution in [0.5, 0.6) is 5.75 Å². The molecule has 0 unspecified atom stereocenters. The highest BCUT2D eigenvalue weighted by atomic mass is 16.5. The fraction of sp³-hybridized carbons (Fsp3) is 0.400. The largest absolute Gasteiger partial charge is 0.495 e. The van der Waals surface area contributed by atoms with Crippen molar-refractivity contribution in [3.05, 3.63) is 48.3 Å². The number of hydrogen-bond donors (Lipinski definition) is 1. The maximum Gasteiger partial charge on any atom is 0.270 e. The molecule has 1 aliphatic rings. The molecule has 0 saturated carbocycles. The molecule has 6 nitrogen and oxygen atoms in total. The number of hydrogen-bond acceptors (Lipinski definition) is 5. The lowest BCUT2D eigenvalue weighted by Gasteiger charge is -2.37. The summed E-state index contributed by atoms with van der Waals surface area (Å²) in [5.41, 5.74) is 2.62. The molecule has 1 aromatic heterocycles. The molecular weight excluding hydrogens is 328 g/mol. The van der Waals surface area contributed by atoms with E-state index in [0.717, 1.165) is 43.3 Å². The number of methoxy groups -OCH3 is 1. The Labute approximate surface area is 154 Å². The van der Waals surface area contributed by atoms with Crippen LogP contribution < -0.4 is 19.9 Å². The van der Waals surface area contributed by atoms with Crippen molar-refractivity contribution in [3.8, 4) is 5.75 Å². The highest BCUT2D eigenvalue weighted by molar-refractivity contribution is 5.93. The number of nitrogens with one attached hydrogen (secondary N) is 1. The minimum absolute atomic E-state index is 0.0948. The predicted molar refractivity (Wildman–Crippen MR) is 104 cm³/mol. The van der Waals surface area contributed by atoms with Gasteiger partial charge < -0.3 is 19.9 Å². The molecular formula is C20H26N4O2. The number of ether oxygens (including phenoxy) is 1. The second kappa shape index (κ2) is 8.08. The van der Waals surface area contributed by atoms with Gasteiger partial charge >= 0.3 is 0 Å². The molecule has 1 saturated heterocycles. The van der Waals surface area contributed by atoms with Gasteiger partial charge in [0.2, 0.25) is 0 Å². The van der Waals surface area contributed by atoms with Gasteiger partial charge in [0.1, 0.15) is 11.4 Å². The predicted octanol–water partition coefficient (Wildman–Crippen LogP) is 2.56. The Balaban J connectivity index is 1.67. The smallest absolute Gasteiger partial charge is 0.270 e. The topological polar surface area (TPSA) is 57.7 Å². The van der Waals surface area contributed by atoms with E-state index in [-0.39, 0.29) is 11.9 Å². The average molecular weight is 354 g/mol. The van der Waals surface area contributed by atoms with Crippen LogP contribution in [-0.2, 0) is 0 Å². The number of nitrogens with zero attached hydrogens (tertiary/aromatic N) is 3. The van der Waals surface area contributed by atoms with Gasteiger partial charge in [0.05, 0.1) is 12.8 Å². The van der Waals surface area contributed by atoms with Crippen LogP contribution in [0.15, 0.2) is 42.6 Å². The first kappa shape index (κ1) is 18.0. The molecule has 1 N–H and O–H groups in total. The van der Waals surface area contributed by atoms with Crippen LogP contribution in [-0.4, -0.2) is 50.2 Å². The van der Waals surface area contributed by atoms with E-state index in [2.05, 4.69) is 26.2 Å². The quantitative estimate of drug-likeness (QED) is 0.894. The molecule has 26 heavy (non-hydrogen) atoms. The molecule has 138 valence electrons. The van der Waals surface area contributed by atoms with Crippen molar-refractivity contribution in [3.63, 3.8) is 0 Å². The van der Waals surface area contributed by atoms with Gasteiger partial charge in [0, 0.05) is 44.1 Å². The number of aromatic nitrogens is 1. The standard InChI is InChI=1S/C20H26N4O2/c1-15(2)22-20(25)17-14-16(8-9-21-17)23-10-12-24(13-11-23)18-6-4-5-7-19(18)26-3/h4-9,14-15H,10-13H2,1-3H3,(H,22,25). The zero-order valence-corrected chi connectivity index (χ0v) is 15.6. The minimum Gasteiger partial charge on any atom is -0.495 e. The van der Waals surface area contributed by atoms with Gasteiger partial charge in [0.15, 0.2) is 0 Å². The molecule has 0 aliphatic carbocycles. The molecule has 0 spiro atoms. The number of pyridine rings is 1. The van der Waals surface area contributed by atoms with Crippen molar-refractivity contribution in [1.29, 1.82) is 0 Å². The van der Waals surface area contributed by atoms with E-state index in [4.69, 9.17) is 4.74 Å². The van der Waals surface area contributed by atoms with Gasteiger partial charge in [-0.05, 0) is 38.1 Å². The van der Waals surface area contributed by atoms with Crippen LogP contribution in [0, 0.1) is 0 Å². The Hall–Kier alpha value is -2.76. The van der Waals surface area contributed by atoms with Gasteiger partial charge in [-0.25, -0.2) is 0 Å². The Morgan fingerprint density at radius 1 is 1.12 bits per heavy atom. The summed E-state index contributed by atoms with van der Waals surface area (Å²) in [7, 11) is 1.70. The van der Waals surface area contributed by atoms with E-state index in [1.165, 1.54) is 0 Å². The van der Waals surface area contributed by atoms with Crippen molar-refractivity contribution < 1.29 is 9.53 Å². The Kier molecular flexibility index (Phi) is 5.61. The van der Waals surface area contributed by atoms with Crippen molar-refractivity contribution in [2.75, 3.05) is 43.1 Å². The second-order valence-corrected chi connectivity index (χ2v) is 6.67. The van der Waals surface area contributed by atoms with E-state index in [9.17, 15) is 4.79 Å². The Morgan fingerprint density at radius 2 is 1.81 bits per heavy atom. The molecule has 6 heteroatoms. The van der Waals surface area contributed by atoms with E-state index in [1.807, 2.05) is 44.2 Å². The van der Waals surface area contributed by atoms with Gasteiger partial charge in [-0.3, -0.25) is 9.78 Å². The molecule has 2 heterocycles. The Morgan fingerprint density at radius 3 is 2.50 bits per heavy atom. The lowest BCUT2D eigenvalue weighted by Crippen LogP contribution is -2.46. The molecule has 1 fully saturated rings. The number of piperazine rings is 1. The zero-order chi connectivity index (χ0) is 18.5. The van der Waals surface area contributed by atoms with Crippen LogP contribution in [0.1, 0.15) is 24.3 Å². The SMILES string of the molecule is COc1ccccc1N1CCN(c2ccnc(C(=O)NC(C)C)c2)CC1. The second-order valence-electron chi connectivity index (χ2n) is 6.67. The van der Waals surface area contributed by atoms with Crippen LogP contribution in [0.2, 0.25) is 0 Å². The van der Waals surface area contributed by atoms with Crippen molar-refractivity contribution >= 4 is 17.3 Å². The molecule has 0 atom stereocenters. The van der Waals surface area contributed by atoms with E-state index in [1.54, 1.807) is 13.3 Å². The van der Waals surface area contributed by atoms with E-state index >= 15 is 0 Å². The van der Waals surface area contributed by atoms with Gasteiger partial charge in [-0.1, -0.05) is 12.1 Å². The van der Waals surface area contributed by atoms with Crippen LogP contribution in [0.4, 0.5) is 11.4 Å². The number of carbonyl (C=O) groups excluding carboxylic acids is 1. The number of anilines is 2. The normalized spacial score (nSPS) is 14.5. The summed E-state index contributed by atoms with van der Waals surface area (Å²) in [6, 6.07) is 12.0. The summed E-state index contributed by atoms with van der Waals surface area (Å²) in [4.78, 5) is 21.0. The first-order valence-electron chi connectivity index (χ1n) is 8.98. The molecule has 1 amide bonds. The molecule has 2 aromatic rings. The highest BCUT2D eigenvalue weighted by Gasteiger charge is 2.20. The van der Waals surface area contributed by atoms with Crippen molar-refractivity contribution in [2.45, 2.75) is 19.9 Å². The first-order chi connectivity index (χ1) is 12.6. The lowest BCUT2D eigenvalue weighted by molar-refractivity contribution is 0.0938. The summed E-state index contributed by atoms with van der Waals surface area (Å²) in [5, 5.41) is 2.89. The summed E-state index contributed by atoms with van der Waals surface area (Å²) >= 11 is 0. The molecule has 0 bridgehead atoms. The molecule has 1 aromatic carbocycles. The van der Waals surface area contributed by atoms with Crippen molar-refractivity contribution in [1.82, 2.24) is 10.3 Å². The van der Waals surface area contributed by atoms with Gasteiger partial charge in [0.25, 0.3) is 5.91 Å². The zero-order valence-electron chi connectivity index (χ0n) is 15.6. The van der Waals surface area contributed by atoms with E-state index < -0.39 is 0 Å². The molecule has 0 radical (unpaired) electrons. The highest BCUT2D eigenvalue weighted by Crippen LogP contribution is 2.29. The molecule has 3 rings (SSSR count). The van der Waals surface area contributed by atoms with Crippen LogP contribution >= 0.6 is 0 Å². The summed E-state index contributed by atoms with van der Waals surface area (Å²) < 4.78 is 5.48. The minimum atomic E-state index is -0.130. The third kappa shape index (κ3) is 4.07. The number of carbonyl (C=O) groups is 1. The number of para-hydroxylation sites is 2. The lowest BCUT2D eigenvalue weighted by atomic mass is 10.2. The summed E-state index contributed by atoms with van der Waals surface area (Å²) in [5.74, 6) is 0.770. The summed E-state index contributed by atoms with van der Waals surface area (Å²) in [6.45, 7) is 7.45. The van der Waals surface area contributed by atoms with Gasteiger partial charge in [-0.15, -0.1) is 0 Å². The van der Waals surface area contributed by atoms with Gasteiger partial charge in [-0.2, -0.15) is 0 Å². The fourth-order valence-electron chi connectivity index (χ4n) is 3.17. The average Bonchev–Trinajstić information content (AvgIpc) is 2.67. The number of benzene rings is 1. The number of rotatable bonds is 5. The molecule has 1 aliphatic heterocycles. The maximum atomic E-state index is 12.2. The Bertz CT molecular complexity index is 755. The van der Waals surface area contributed by atoms with Crippen LogP contribution in [0.25, 0.3) is 0 Å². The third-order valence-electron chi connectivity index (χ3n) is 4.47. The van der Waals surface area contributed by atoms with Crippen LogP contribution in [0.3, 0.4) is 0 Å². The number of amides is 1. The first-order valence-corrected chi connectivity index (χ1v) is 8.98.